The van der Waals surface area contributed by atoms with E-state index in [1.54, 1.807) is 0 Å². The van der Waals surface area contributed by atoms with Crippen molar-refractivity contribution >= 4 is 11.9 Å². The van der Waals surface area contributed by atoms with E-state index in [0.717, 1.165) is 12.1 Å². The maximum absolute atomic E-state index is 13.0. The highest BCUT2D eigenvalue weighted by molar-refractivity contribution is 6.03. The molecule has 2 N–H and O–H groups in total. The smallest absolute Gasteiger partial charge is 0.471 e. The van der Waals surface area contributed by atoms with Crippen molar-refractivity contribution in [2.45, 2.75) is 6.18 Å². The number of amides is 1. The van der Waals surface area contributed by atoms with Crippen LogP contribution in [0.25, 0.3) is 0 Å². The van der Waals surface area contributed by atoms with Gasteiger partial charge in [0.2, 0.25) is 0 Å². The standard InChI is InChI=1S/C10H5F4N3O3/c11-5-3-4(1-2-6(5)18)7(19)15-9-16-8(20-17-9)10(12,13)14/h1-3,18H,(H,15,17,19). The number of carbonyl (C=O) groups excluding carboxylic acids is 1. The molecule has 6 nitrogen and oxygen atoms in total. The molecule has 0 aliphatic heterocycles. The van der Waals surface area contributed by atoms with Crippen LogP contribution in [0.5, 0.6) is 5.75 Å². The van der Waals surface area contributed by atoms with Crippen LogP contribution in [0.15, 0.2) is 22.7 Å². The molecule has 2 aromatic rings. The quantitative estimate of drug-likeness (QED) is 0.828. The van der Waals surface area contributed by atoms with Gasteiger partial charge in [0.1, 0.15) is 0 Å². The van der Waals surface area contributed by atoms with Crippen LogP contribution in [0, 0.1) is 5.82 Å². The number of hydrogen-bond donors (Lipinski definition) is 2. The molecule has 10 heteroatoms. The molecule has 1 aromatic carbocycles. The summed E-state index contributed by atoms with van der Waals surface area (Å²) in [7, 11) is 0. The molecule has 1 amide bonds. The second-order valence-corrected chi connectivity index (χ2v) is 3.54. The Bertz CT molecular complexity index is 653. The number of phenolic OH excluding ortho intramolecular Hbond substituents is 1. The number of anilines is 1. The second-order valence-electron chi connectivity index (χ2n) is 3.54. The van der Waals surface area contributed by atoms with Crippen molar-refractivity contribution in [2.75, 3.05) is 5.32 Å². The Kier molecular flexibility index (Phi) is 3.30. The number of rotatable bonds is 2. The van der Waals surface area contributed by atoms with E-state index in [1.165, 1.54) is 0 Å². The summed E-state index contributed by atoms with van der Waals surface area (Å²) >= 11 is 0. The summed E-state index contributed by atoms with van der Waals surface area (Å²) in [6, 6.07) is 2.69. The van der Waals surface area contributed by atoms with Crippen molar-refractivity contribution < 1.29 is 32.0 Å². The maximum Gasteiger partial charge on any atom is 0.471 e. The summed E-state index contributed by atoms with van der Waals surface area (Å²) in [6.07, 6.45) is -4.83. The van der Waals surface area contributed by atoms with E-state index in [-0.39, 0.29) is 5.56 Å². The van der Waals surface area contributed by atoms with Gasteiger partial charge in [0.15, 0.2) is 11.6 Å². The predicted molar refractivity (Wildman–Crippen MR) is 55.3 cm³/mol. The number of carbonyl (C=O) groups is 1. The second kappa shape index (κ2) is 4.79. The Morgan fingerprint density at radius 2 is 2.05 bits per heavy atom. The molecule has 0 bridgehead atoms. The van der Waals surface area contributed by atoms with Crippen LogP contribution in [-0.4, -0.2) is 21.2 Å². The van der Waals surface area contributed by atoms with Crippen molar-refractivity contribution in [3.8, 4) is 5.75 Å². The molecule has 0 radical (unpaired) electrons. The number of phenols is 1. The van der Waals surface area contributed by atoms with Gasteiger partial charge in [-0.15, -0.1) is 0 Å². The first-order valence-electron chi connectivity index (χ1n) is 4.98. The third kappa shape index (κ3) is 2.84. The van der Waals surface area contributed by atoms with E-state index < -0.39 is 35.5 Å². The van der Waals surface area contributed by atoms with Gasteiger partial charge in [0.05, 0.1) is 0 Å². The molecule has 0 atom stereocenters. The van der Waals surface area contributed by atoms with Gasteiger partial charge in [-0.05, 0) is 23.4 Å². The molecule has 0 saturated heterocycles. The highest BCUT2D eigenvalue weighted by atomic mass is 19.4. The lowest BCUT2D eigenvalue weighted by Gasteiger charge is -2.01. The summed E-state index contributed by atoms with van der Waals surface area (Å²) in [5, 5.41) is 13.7. The lowest BCUT2D eigenvalue weighted by Crippen LogP contribution is -2.13. The first kappa shape index (κ1) is 13.8. The first-order valence-corrected chi connectivity index (χ1v) is 4.98. The third-order valence-corrected chi connectivity index (χ3v) is 2.10. The normalized spacial score (nSPS) is 11.4. The van der Waals surface area contributed by atoms with Crippen molar-refractivity contribution in [1.82, 2.24) is 10.1 Å². The molecule has 0 aliphatic rings. The van der Waals surface area contributed by atoms with Gasteiger partial charge < -0.3 is 9.63 Å². The number of alkyl halides is 3. The van der Waals surface area contributed by atoms with Crippen LogP contribution in [0.2, 0.25) is 0 Å². The Morgan fingerprint density at radius 3 is 2.60 bits per heavy atom. The molecule has 20 heavy (non-hydrogen) atoms. The van der Waals surface area contributed by atoms with Crippen molar-refractivity contribution in [3.63, 3.8) is 0 Å². The van der Waals surface area contributed by atoms with Gasteiger partial charge in [0, 0.05) is 5.56 Å². The monoisotopic (exact) mass is 291 g/mol. The van der Waals surface area contributed by atoms with Gasteiger partial charge in [-0.1, -0.05) is 0 Å². The average Bonchev–Trinajstić information content (AvgIpc) is 2.81. The lowest BCUT2D eigenvalue weighted by molar-refractivity contribution is -0.159. The van der Waals surface area contributed by atoms with Gasteiger partial charge in [-0.3, -0.25) is 10.1 Å². The minimum Gasteiger partial charge on any atom is -0.505 e. The van der Waals surface area contributed by atoms with Crippen LogP contribution in [0.3, 0.4) is 0 Å². The number of aromatic hydroxyl groups is 1. The number of aromatic nitrogens is 2. The molecule has 0 spiro atoms. The first-order chi connectivity index (χ1) is 9.27. The molecule has 0 aliphatic carbocycles. The molecular weight excluding hydrogens is 286 g/mol. The van der Waals surface area contributed by atoms with Gasteiger partial charge in [-0.25, -0.2) is 4.39 Å². The van der Waals surface area contributed by atoms with Crippen LogP contribution in [0.1, 0.15) is 16.2 Å². The molecule has 1 aromatic heterocycles. The molecule has 2 rings (SSSR count). The zero-order valence-electron chi connectivity index (χ0n) is 9.40. The van der Waals surface area contributed by atoms with E-state index in [9.17, 15) is 22.4 Å². The SMILES string of the molecule is O=C(Nc1noc(C(F)(F)F)n1)c1ccc(O)c(F)c1. The maximum atomic E-state index is 13.0. The molecule has 0 unspecified atom stereocenters. The highest BCUT2D eigenvalue weighted by Crippen LogP contribution is 2.28. The van der Waals surface area contributed by atoms with E-state index in [0.29, 0.717) is 6.07 Å². The topological polar surface area (TPSA) is 88.3 Å². The minimum absolute atomic E-state index is 0.237. The molecule has 1 heterocycles. The molecule has 106 valence electrons. The largest absolute Gasteiger partial charge is 0.505 e. The Balaban J connectivity index is 2.15. The zero-order chi connectivity index (χ0) is 14.9. The summed E-state index contributed by atoms with van der Waals surface area (Å²) in [4.78, 5) is 14.5. The lowest BCUT2D eigenvalue weighted by atomic mass is 10.2. The fraction of sp³-hybridized carbons (Fsp3) is 0.100. The number of benzene rings is 1. The number of hydrogen-bond acceptors (Lipinski definition) is 5. The Hall–Kier alpha value is -2.65. The molecular formula is C10H5F4N3O3. The summed E-state index contributed by atoms with van der Waals surface area (Å²) < 4.78 is 53.4. The van der Waals surface area contributed by atoms with Crippen molar-refractivity contribution in [3.05, 3.63) is 35.5 Å². The Morgan fingerprint density at radius 1 is 1.35 bits per heavy atom. The van der Waals surface area contributed by atoms with Crippen LogP contribution < -0.4 is 5.32 Å². The summed E-state index contributed by atoms with van der Waals surface area (Å²) in [5.41, 5.74) is -0.237. The fourth-order valence-corrected chi connectivity index (χ4v) is 1.21. The van der Waals surface area contributed by atoms with Gasteiger partial charge in [0.25, 0.3) is 11.9 Å². The predicted octanol–water partition coefficient (Wildman–Crippen LogP) is 2.19. The van der Waals surface area contributed by atoms with Crippen LogP contribution in [-0.2, 0) is 6.18 Å². The van der Waals surface area contributed by atoms with Crippen molar-refractivity contribution in [1.29, 1.82) is 0 Å². The average molecular weight is 291 g/mol. The molecule has 0 fully saturated rings. The van der Waals surface area contributed by atoms with E-state index in [2.05, 4.69) is 14.7 Å². The fourth-order valence-electron chi connectivity index (χ4n) is 1.21. The minimum atomic E-state index is -4.83. The summed E-state index contributed by atoms with van der Waals surface area (Å²) in [5.74, 6) is -5.01. The highest BCUT2D eigenvalue weighted by Gasteiger charge is 2.38. The van der Waals surface area contributed by atoms with E-state index in [1.807, 2.05) is 5.32 Å². The molecule has 0 saturated carbocycles. The van der Waals surface area contributed by atoms with Crippen LogP contribution in [0.4, 0.5) is 23.5 Å². The van der Waals surface area contributed by atoms with Gasteiger partial charge in [-0.2, -0.15) is 18.2 Å². The van der Waals surface area contributed by atoms with Crippen LogP contribution >= 0.6 is 0 Å². The zero-order valence-corrected chi connectivity index (χ0v) is 9.40. The van der Waals surface area contributed by atoms with E-state index in [4.69, 9.17) is 5.11 Å². The third-order valence-electron chi connectivity index (χ3n) is 2.10. The van der Waals surface area contributed by atoms with Crippen molar-refractivity contribution in [2.24, 2.45) is 0 Å². The number of nitrogens with one attached hydrogen (secondary N) is 1. The Labute approximate surface area is 108 Å². The van der Waals surface area contributed by atoms with Gasteiger partial charge >= 0.3 is 12.1 Å². The van der Waals surface area contributed by atoms with E-state index >= 15 is 0 Å². The number of halogens is 4. The number of nitrogens with zero attached hydrogens (tertiary/aromatic N) is 2. The summed E-state index contributed by atoms with van der Waals surface area (Å²) in [6.45, 7) is 0.